The molecule has 138 valence electrons. The highest BCUT2D eigenvalue weighted by Gasteiger charge is 2.18. The molecule has 3 aromatic carbocycles. The molecule has 28 heavy (non-hydrogen) atoms. The monoisotopic (exact) mass is 369 g/mol. The number of nitrogens with one attached hydrogen (secondary N) is 1. The molecule has 0 aliphatic carbocycles. The molecule has 0 atom stereocenters. The molecule has 1 amide bonds. The molecule has 0 aliphatic heterocycles. The Morgan fingerprint density at radius 3 is 2.32 bits per heavy atom. The highest BCUT2D eigenvalue weighted by molar-refractivity contribution is 6.04. The van der Waals surface area contributed by atoms with Crippen molar-refractivity contribution in [1.82, 2.24) is 9.78 Å². The Hall–Kier alpha value is -3.86. The van der Waals surface area contributed by atoms with Crippen molar-refractivity contribution in [3.63, 3.8) is 0 Å². The summed E-state index contributed by atoms with van der Waals surface area (Å²) in [5, 5.41) is 7.61. The quantitative estimate of drug-likeness (QED) is 0.550. The van der Waals surface area contributed by atoms with Crippen molar-refractivity contribution in [3.05, 3.63) is 96.7 Å². The van der Waals surface area contributed by atoms with Crippen LogP contribution < -0.4 is 10.1 Å². The third-order valence-corrected chi connectivity index (χ3v) is 4.34. The third kappa shape index (κ3) is 3.64. The van der Waals surface area contributed by atoms with Crippen molar-refractivity contribution >= 4 is 11.6 Å². The molecule has 0 bridgehead atoms. The SMILES string of the molecule is COc1cccc(NC(=O)c2cc(-c3ccccc3)nn2-c2ccccc2)c1. The van der Waals surface area contributed by atoms with Crippen LogP contribution >= 0.6 is 0 Å². The van der Waals surface area contributed by atoms with Crippen molar-refractivity contribution in [2.24, 2.45) is 0 Å². The fraction of sp³-hybridized carbons (Fsp3) is 0.0435. The molecule has 0 spiro atoms. The van der Waals surface area contributed by atoms with Gasteiger partial charge >= 0.3 is 0 Å². The molecule has 0 radical (unpaired) electrons. The number of rotatable bonds is 5. The van der Waals surface area contributed by atoms with Crippen molar-refractivity contribution in [1.29, 1.82) is 0 Å². The van der Waals surface area contributed by atoms with Crippen LogP contribution in [-0.2, 0) is 0 Å². The number of nitrogens with zero attached hydrogens (tertiary/aromatic N) is 2. The standard InChI is InChI=1S/C23H19N3O2/c1-28-20-14-8-11-18(15-20)24-23(27)22-16-21(17-9-4-2-5-10-17)25-26(22)19-12-6-3-7-13-19/h2-16H,1H3,(H,24,27). The summed E-state index contributed by atoms with van der Waals surface area (Å²) in [7, 11) is 1.59. The van der Waals surface area contributed by atoms with E-state index >= 15 is 0 Å². The number of aromatic nitrogens is 2. The molecule has 0 aliphatic rings. The lowest BCUT2D eigenvalue weighted by molar-refractivity contribution is 0.101. The van der Waals surface area contributed by atoms with Gasteiger partial charge in [0.15, 0.2) is 0 Å². The lowest BCUT2D eigenvalue weighted by Gasteiger charge is -2.09. The van der Waals surface area contributed by atoms with Crippen LogP contribution in [0.5, 0.6) is 5.75 Å². The first kappa shape index (κ1) is 17.5. The number of ether oxygens (including phenoxy) is 1. The summed E-state index contributed by atoms with van der Waals surface area (Å²) < 4.78 is 6.89. The number of para-hydroxylation sites is 1. The van der Waals surface area contributed by atoms with E-state index in [4.69, 9.17) is 4.74 Å². The lowest BCUT2D eigenvalue weighted by atomic mass is 10.1. The Morgan fingerprint density at radius 2 is 1.61 bits per heavy atom. The molecule has 0 saturated heterocycles. The number of anilines is 1. The second-order valence-electron chi connectivity index (χ2n) is 6.21. The Kier molecular flexibility index (Phi) is 4.89. The Morgan fingerprint density at radius 1 is 0.893 bits per heavy atom. The number of carbonyl (C=O) groups is 1. The van der Waals surface area contributed by atoms with Gasteiger partial charge in [-0.2, -0.15) is 5.10 Å². The Balaban J connectivity index is 1.74. The van der Waals surface area contributed by atoms with Gasteiger partial charge in [0.1, 0.15) is 11.4 Å². The van der Waals surface area contributed by atoms with Gasteiger partial charge < -0.3 is 10.1 Å². The second-order valence-corrected chi connectivity index (χ2v) is 6.21. The van der Waals surface area contributed by atoms with E-state index in [9.17, 15) is 4.79 Å². The van der Waals surface area contributed by atoms with Crippen LogP contribution in [0.2, 0.25) is 0 Å². The number of amides is 1. The second kappa shape index (κ2) is 7.80. The third-order valence-electron chi connectivity index (χ3n) is 4.34. The molecule has 0 saturated carbocycles. The van der Waals surface area contributed by atoms with Crippen molar-refractivity contribution in [2.75, 3.05) is 12.4 Å². The van der Waals surface area contributed by atoms with Crippen LogP contribution in [0.25, 0.3) is 16.9 Å². The van der Waals surface area contributed by atoms with Gasteiger partial charge in [-0.05, 0) is 30.3 Å². The molecule has 0 fully saturated rings. The maximum atomic E-state index is 13.0. The van der Waals surface area contributed by atoms with E-state index < -0.39 is 0 Å². The maximum Gasteiger partial charge on any atom is 0.274 e. The van der Waals surface area contributed by atoms with E-state index in [1.165, 1.54) is 0 Å². The van der Waals surface area contributed by atoms with Gasteiger partial charge in [0.2, 0.25) is 0 Å². The molecule has 0 unspecified atom stereocenters. The average molecular weight is 369 g/mol. The van der Waals surface area contributed by atoms with Gasteiger partial charge in [0.05, 0.1) is 18.5 Å². The molecule has 1 aromatic heterocycles. The predicted molar refractivity (Wildman–Crippen MR) is 110 cm³/mol. The number of hydrogen-bond donors (Lipinski definition) is 1. The number of methoxy groups -OCH3 is 1. The van der Waals surface area contributed by atoms with Gasteiger partial charge in [-0.3, -0.25) is 4.79 Å². The van der Waals surface area contributed by atoms with E-state index in [-0.39, 0.29) is 5.91 Å². The van der Waals surface area contributed by atoms with Crippen LogP contribution in [0.3, 0.4) is 0 Å². The zero-order valence-electron chi connectivity index (χ0n) is 15.4. The first-order valence-corrected chi connectivity index (χ1v) is 8.91. The molecule has 4 aromatic rings. The summed E-state index contributed by atoms with van der Waals surface area (Å²) in [6.07, 6.45) is 0. The highest BCUT2D eigenvalue weighted by Crippen LogP contribution is 2.23. The number of carbonyl (C=O) groups excluding carboxylic acids is 1. The van der Waals surface area contributed by atoms with Crippen molar-refractivity contribution < 1.29 is 9.53 Å². The Labute approximate surface area is 163 Å². The normalized spacial score (nSPS) is 10.5. The number of hydrogen-bond acceptors (Lipinski definition) is 3. The average Bonchev–Trinajstić information content (AvgIpc) is 3.21. The first-order valence-electron chi connectivity index (χ1n) is 8.91. The maximum absolute atomic E-state index is 13.0. The van der Waals surface area contributed by atoms with Crippen molar-refractivity contribution in [3.8, 4) is 22.7 Å². The minimum Gasteiger partial charge on any atom is -0.497 e. The van der Waals surface area contributed by atoms with Crippen LogP contribution in [0.15, 0.2) is 91.0 Å². The van der Waals surface area contributed by atoms with Crippen molar-refractivity contribution in [2.45, 2.75) is 0 Å². The molecule has 5 nitrogen and oxygen atoms in total. The van der Waals surface area contributed by atoms with Crippen LogP contribution in [0.1, 0.15) is 10.5 Å². The zero-order valence-corrected chi connectivity index (χ0v) is 15.4. The molecule has 1 N–H and O–H groups in total. The van der Waals surface area contributed by atoms with Gasteiger partial charge in [-0.25, -0.2) is 4.68 Å². The molecular formula is C23H19N3O2. The smallest absolute Gasteiger partial charge is 0.274 e. The summed E-state index contributed by atoms with van der Waals surface area (Å²) in [6.45, 7) is 0. The highest BCUT2D eigenvalue weighted by atomic mass is 16.5. The minimum absolute atomic E-state index is 0.244. The lowest BCUT2D eigenvalue weighted by Crippen LogP contribution is -2.16. The predicted octanol–water partition coefficient (Wildman–Crippen LogP) is 4.80. The molecule has 4 rings (SSSR count). The topological polar surface area (TPSA) is 56.1 Å². The minimum atomic E-state index is -0.244. The van der Waals surface area contributed by atoms with E-state index in [1.807, 2.05) is 78.9 Å². The summed E-state index contributed by atoms with van der Waals surface area (Å²) in [4.78, 5) is 13.0. The largest absolute Gasteiger partial charge is 0.497 e. The van der Waals surface area contributed by atoms with Gasteiger partial charge in [-0.1, -0.05) is 54.6 Å². The molecule has 5 heteroatoms. The van der Waals surface area contributed by atoms with Crippen LogP contribution in [0.4, 0.5) is 5.69 Å². The summed E-state index contributed by atoms with van der Waals surface area (Å²) in [5.74, 6) is 0.436. The van der Waals surface area contributed by atoms with Gasteiger partial charge in [0.25, 0.3) is 5.91 Å². The zero-order chi connectivity index (χ0) is 19.3. The number of benzene rings is 3. The molecule has 1 heterocycles. The van der Waals surface area contributed by atoms with E-state index in [2.05, 4.69) is 10.4 Å². The van der Waals surface area contributed by atoms with Gasteiger partial charge in [-0.15, -0.1) is 0 Å². The summed E-state index contributed by atoms with van der Waals surface area (Å²) in [6, 6.07) is 28.5. The fourth-order valence-electron chi connectivity index (χ4n) is 2.95. The first-order chi connectivity index (χ1) is 13.7. The van der Waals surface area contributed by atoms with Gasteiger partial charge in [0, 0.05) is 17.3 Å². The van der Waals surface area contributed by atoms with Crippen LogP contribution in [-0.4, -0.2) is 22.8 Å². The Bertz CT molecular complexity index is 1090. The van der Waals surface area contributed by atoms with E-state index in [1.54, 1.807) is 23.9 Å². The summed E-state index contributed by atoms with van der Waals surface area (Å²) in [5.41, 5.74) is 3.62. The molecular weight excluding hydrogens is 350 g/mol. The van der Waals surface area contributed by atoms with E-state index in [0.717, 1.165) is 16.9 Å². The van der Waals surface area contributed by atoms with Crippen LogP contribution in [0, 0.1) is 0 Å². The fourth-order valence-corrected chi connectivity index (χ4v) is 2.95. The summed E-state index contributed by atoms with van der Waals surface area (Å²) >= 11 is 0. The van der Waals surface area contributed by atoms with E-state index in [0.29, 0.717) is 17.1 Å².